The fourth-order valence-electron chi connectivity index (χ4n) is 1.50. The zero-order valence-electron chi connectivity index (χ0n) is 11.8. The lowest BCUT2D eigenvalue weighted by Gasteiger charge is -2.20. The molecule has 0 aliphatic heterocycles. The van der Waals surface area contributed by atoms with Crippen LogP contribution >= 0.6 is 0 Å². The lowest BCUT2D eigenvalue weighted by atomic mass is 9.97. The molecule has 0 aliphatic rings. The molecule has 18 heavy (non-hydrogen) atoms. The third-order valence-electron chi connectivity index (χ3n) is 2.50. The van der Waals surface area contributed by atoms with E-state index >= 15 is 0 Å². The minimum atomic E-state index is -1.06. The van der Waals surface area contributed by atoms with Gasteiger partial charge in [0.1, 0.15) is 0 Å². The van der Waals surface area contributed by atoms with Crippen LogP contribution < -0.4 is 0 Å². The van der Waals surface area contributed by atoms with Gasteiger partial charge in [0.05, 0.1) is 17.3 Å². The van der Waals surface area contributed by atoms with Gasteiger partial charge >= 0.3 is 0 Å². The van der Waals surface area contributed by atoms with Gasteiger partial charge in [-0.1, -0.05) is 29.9 Å². The molecule has 2 atom stereocenters. The minimum absolute atomic E-state index is 0.225. The number of allylic oxidation sites excluding steroid dienone is 2. The van der Waals surface area contributed by atoms with Crippen molar-refractivity contribution in [2.75, 3.05) is 0 Å². The molecule has 0 saturated heterocycles. The second kappa shape index (κ2) is 6.88. The van der Waals surface area contributed by atoms with E-state index in [1.54, 1.807) is 32.9 Å². The summed E-state index contributed by atoms with van der Waals surface area (Å²) < 4.78 is 0. The van der Waals surface area contributed by atoms with Crippen LogP contribution in [0.15, 0.2) is 36.5 Å². The summed E-state index contributed by atoms with van der Waals surface area (Å²) in [5, 5.41) is 29.0. The largest absolute Gasteiger partial charge is 0.389 e. The first-order chi connectivity index (χ1) is 8.06. The Labute approximate surface area is 110 Å². The monoisotopic (exact) mass is 254 g/mol. The van der Waals surface area contributed by atoms with Gasteiger partial charge in [0, 0.05) is 6.42 Å². The first kappa shape index (κ1) is 17.1. The molecule has 0 heterocycles. The van der Waals surface area contributed by atoms with Crippen molar-refractivity contribution in [3.63, 3.8) is 0 Å². The highest BCUT2D eigenvalue weighted by atomic mass is 16.3. The summed E-state index contributed by atoms with van der Waals surface area (Å²) in [6.45, 7) is 10.4. The Hall–Kier alpha value is -0.900. The summed E-state index contributed by atoms with van der Waals surface area (Å²) in [6.07, 6.45) is 6.91. The van der Waals surface area contributed by atoms with E-state index in [-0.39, 0.29) is 6.42 Å². The standard InChI is InChI=1S/C15H26O3/c1-6-15(5,18)11-13(16)10-12(2)8-7-9-14(3,4)17/h6-7,9-10,13,16-18H,1,8,11H2,2-5H3/b9-7+,12-10+/t13-,15+/m0/s1. The Kier molecular flexibility index (Phi) is 6.54. The van der Waals surface area contributed by atoms with Crippen molar-refractivity contribution in [2.24, 2.45) is 0 Å². The molecule has 3 N–H and O–H groups in total. The highest BCUT2D eigenvalue weighted by Gasteiger charge is 2.19. The molecule has 0 bridgehead atoms. The van der Waals surface area contributed by atoms with Gasteiger partial charge in [-0.15, -0.1) is 6.58 Å². The van der Waals surface area contributed by atoms with Gasteiger partial charge in [-0.3, -0.25) is 0 Å². The smallest absolute Gasteiger partial charge is 0.0824 e. The summed E-state index contributed by atoms with van der Waals surface area (Å²) in [4.78, 5) is 0. The molecule has 3 heteroatoms. The van der Waals surface area contributed by atoms with Gasteiger partial charge in [0.15, 0.2) is 0 Å². The van der Waals surface area contributed by atoms with Gasteiger partial charge in [-0.05, 0) is 34.1 Å². The molecule has 0 aromatic carbocycles. The summed E-state index contributed by atoms with van der Waals surface area (Å²) in [7, 11) is 0. The van der Waals surface area contributed by atoms with Gasteiger partial charge < -0.3 is 15.3 Å². The fourth-order valence-corrected chi connectivity index (χ4v) is 1.50. The second-order valence-corrected chi connectivity index (χ2v) is 5.61. The molecular weight excluding hydrogens is 228 g/mol. The van der Waals surface area contributed by atoms with E-state index in [4.69, 9.17) is 0 Å². The SMILES string of the molecule is C=C[C@@](C)(O)C[C@@H](O)/C=C(\C)C/C=C/C(C)(C)O. The molecule has 0 unspecified atom stereocenters. The predicted octanol–water partition coefficient (Wildman–Crippen LogP) is 2.34. The maximum absolute atomic E-state index is 9.79. The topological polar surface area (TPSA) is 60.7 Å². The van der Waals surface area contributed by atoms with Gasteiger partial charge in [0.25, 0.3) is 0 Å². The van der Waals surface area contributed by atoms with Crippen molar-refractivity contribution in [1.29, 1.82) is 0 Å². The Morgan fingerprint density at radius 3 is 2.28 bits per heavy atom. The van der Waals surface area contributed by atoms with Crippen molar-refractivity contribution < 1.29 is 15.3 Å². The molecular formula is C15H26O3. The van der Waals surface area contributed by atoms with Crippen LogP contribution in [0.4, 0.5) is 0 Å². The summed E-state index contributed by atoms with van der Waals surface area (Å²) >= 11 is 0. The van der Waals surface area contributed by atoms with E-state index < -0.39 is 17.3 Å². The molecule has 0 aromatic heterocycles. The molecule has 0 spiro atoms. The van der Waals surface area contributed by atoms with Crippen LogP contribution in [0.5, 0.6) is 0 Å². The van der Waals surface area contributed by atoms with Crippen LogP contribution in [0.25, 0.3) is 0 Å². The van der Waals surface area contributed by atoms with E-state index in [1.807, 2.05) is 13.0 Å². The number of hydrogen-bond donors (Lipinski definition) is 3. The number of hydrogen-bond acceptors (Lipinski definition) is 3. The molecule has 104 valence electrons. The molecule has 0 amide bonds. The third kappa shape index (κ3) is 9.16. The zero-order valence-corrected chi connectivity index (χ0v) is 11.8. The molecule has 0 radical (unpaired) electrons. The summed E-state index contributed by atoms with van der Waals surface area (Å²) in [5.41, 5.74) is -0.882. The lowest BCUT2D eigenvalue weighted by molar-refractivity contribution is 0.0574. The quantitative estimate of drug-likeness (QED) is 0.611. The predicted molar refractivity (Wildman–Crippen MR) is 75.3 cm³/mol. The summed E-state index contributed by atoms with van der Waals surface area (Å²) in [6, 6.07) is 0. The average molecular weight is 254 g/mol. The molecule has 0 fully saturated rings. The van der Waals surface area contributed by atoms with Crippen LogP contribution in [-0.4, -0.2) is 32.6 Å². The Bertz CT molecular complexity index is 319. The molecule has 0 saturated carbocycles. The van der Waals surface area contributed by atoms with Crippen LogP contribution in [-0.2, 0) is 0 Å². The Morgan fingerprint density at radius 2 is 1.83 bits per heavy atom. The lowest BCUT2D eigenvalue weighted by Crippen LogP contribution is -2.26. The van der Waals surface area contributed by atoms with E-state index in [0.717, 1.165) is 5.57 Å². The Morgan fingerprint density at radius 1 is 1.28 bits per heavy atom. The molecule has 0 aliphatic carbocycles. The average Bonchev–Trinajstić information content (AvgIpc) is 2.14. The van der Waals surface area contributed by atoms with Crippen LogP contribution in [0.3, 0.4) is 0 Å². The third-order valence-corrected chi connectivity index (χ3v) is 2.50. The minimum Gasteiger partial charge on any atom is -0.389 e. The normalized spacial score (nSPS) is 18.7. The van der Waals surface area contributed by atoms with Crippen molar-refractivity contribution in [2.45, 2.75) is 57.8 Å². The summed E-state index contributed by atoms with van der Waals surface area (Å²) in [5.74, 6) is 0. The molecule has 0 aromatic rings. The number of aliphatic hydroxyl groups is 3. The number of rotatable bonds is 7. The first-order valence-corrected chi connectivity index (χ1v) is 6.17. The van der Waals surface area contributed by atoms with Gasteiger partial charge in [-0.25, -0.2) is 0 Å². The van der Waals surface area contributed by atoms with E-state index in [1.165, 1.54) is 6.08 Å². The molecule has 0 rings (SSSR count). The van der Waals surface area contributed by atoms with Crippen LogP contribution in [0.1, 0.15) is 40.5 Å². The van der Waals surface area contributed by atoms with E-state index in [9.17, 15) is 15.3 Å². The highest BCUT2D eigenvalue weighted by molar-refractivity contribution is 5.10. The Balaban J connectivity index is 4.34. The zero-order chi connectivity index (χ0) is 14.4. The van der Waals surface area contributed by atoms with E-state index in [2.05, 4.69) is 6.58 Å². The molecule has 3 nitrogen and oxygen atoms in total. The van der Waals surface area contributed by atoms with Crippen molar-refractivity contribution in [3.8, 4) is 0 Å². The van der Waals surface area contributed by atoms with Crippen molar-refractivity contribution >= 4 is 0 Å². The fraction of sp³-hybridized carbons (Fsp3) is 0.600. The van der Waals surface area contributed by atoms with Gasteiger partial charge in [-0.2, -0.15) is 0 Å². The van der Waals surface area contributed by atoms with Crippen molar-refractivity contribution in [3.05, 3.63) is 36.5 Å². The van der Waals surface area contributed by atoms with Crippen LogP contribution in [0.2, 0.25) is 0 Å². The number of aliphatic hydroxyl groups excluding tert-OH is 1. The van der Waals surface area contributed by atoms with Crippen molar-refractivity contribution in [1.82, 2.24) is 0 Å². The highest BCUT2D eigenvalue weighted by Crippen LogP contribution is 2.16. The second-order valence-electron chi connectivity index (χ2n) is 5.61. The van der Waals surface area contributed by atoms with E-state index in [0.29, 0.717) is 6.42 Å². The van der Waals surface area contributed by atoms with Gasteiger partial charge in [0.2, 0.25) is 0 Å². The maximum Gasteiger partial charge on any atom is 0.0824 e. The first-order valence-electron chi connectivity index (χ1n) is 6.17. The van der Waals surface area contributed by atoms with Crippen LogP contribution in [0, 0.1) is 0 Å². The maximum atomic E-state index is 9.79.